The highest BCUT2D eigenvalue weighted by Crippen LogP contribution is 2.25. The van der Waals surface area contributed by atoms with E-state index < -0.39 is 6.03 Å². The van der Waals surface area contributed by atoms with Crippen molar-refractivity contribution in [3.8, 4) is 0 Å². The monoisotopic (exact) mass is 368 g/mol. The van der Waals surface area contributed by atoms with Crippen molar-refractivity contribution < 1.29 is 9.59 Å². The van der Waals surface area contributed by atoms with Crippen LogP contribution >= 0.6 is 0 Å². The van der Waals surface area contributed by atoms with E-state index in [9.17, 15) is 9.59 Å². The number of nitrogens with zero attached hydrogens (tertiary/aromatic N) is 1. The quantitative estimate of drug-likeness (QED) is 0.670. The molecule has 0 saturated heterocycles. The first-order valence-electron chi connectivity index (χ1n) is 9.11. The van der Waals surface area contributed by atoms with Gasteiger partial charge in [0, 0.05) is 20.1 Å². The van der Waals surface area contributed by atoms with E-state index in [1.165, 1.54) is 5.56 Å². The summed E-state index contributed by atoms with van der Waals surface area (Å²) in [4.78, 5) is 26.0. The van der Waals surface area contributed by atoms with Crippen LogP contribution in [0.2, 0.25) is 0 Å². The third-order valence-corrected chi connectivity index (χ3v) is 3.94. The number of hydrogen-bond acceptors (Lipinski definition) is 3. The van der Waals surface area contributed by atoms with E-state index in [2.05, 4.69) is 33.0 Å². The summed E-state index contributed by atoms with van der Waals surface area (Å²) in [7, 11) is 1.98. The zero-order valence-corrected chi connectivity index (χ0v) is 16.2. The van der Waals surface area contributed by atoms with Gasteiger partial charge in [0.1, 0.15) is 0 Å². The van der Waals surface area contributed by atoms with Gasteiger partial charge in [-0.2, -0.15) is 0 Å². The predicted octanol–water partition coefficient (Wildman–Crippen LogP) is 3.22. The second-order valence-electron chi connectivity index (χ2n) is 6.86. The van der Waals surface area contributed by atoms with Gasteiger partial charge in [0.05, 0.1) is 17.9 Å². The Kier molecular flexibility index (Phi) is 7.67. The van der Waals surface area contributed by atoms with Gasteiger partial charge in [-0.1, -0.05) is 56.3 Å². The molecule has 6 nitrogen and oxygen atoms in total. The van der Waals surface area contributed by atoms with E-state index in [0.29, 0.717) is 18.2 Å². The maximum atomic E-state index is 12.2. The third kappa shape index (κ3) is 7.01. The van der Waals surface area contributed by atoms with Crippen LogP contribution in [0.4, 0.5) is 16.2 Å². The number of rotatable bonds is 8. The normalized spacial score (nSPS) is 10.4. The van der Waals surface area contributed by atoms with E-state index in [-0.39, 0.29) is 12.5 Å². The Morgan fingerprint density at radius 1 is 0.963 bits per heavy atom. The molecular formula is C21H28N4O2. The van der Waals surface area contributed by atoms with Crippen LogP contribution in [-0.4, -0.2) is 32.1 Å². The average Bonchev–Trinajstić information content (AvgIpc) is 2.66. The van der Waals surface area contributed by atoms with Gasteiger partial charge >= 0.3 is 6.03 Å². The van der Waals surface area contributed by atoms with Crippen molar-refractivity contribution in [3.63, 3.8) is 0 Å². The van der Waals surface area contributed by atoms with Crippen molar-refractivity contribution in [2.24, 2.45) is 5.92 Å². The number of urea groups is 1. The highest BCUT2D eigenvalue weighted by molar-refractivity contribution is 5.95. The van der Waals surface area contributed by atoms with Crippen LogP contribution < -0.4 is 20.9 Å². The van der Waals surface area contributed by atoms with E-state index in [4.69, 9.17) is 0 Å². The molecule has 0 fully saturated rings. The van der Waals surface area contributed by atoms with Gasteiger partial charge in [-0.25, -0.2) is 4.79 Å². The average molecular weight is 368 g/mol. The number of amides is 3. The maximum Gasteiger partial charge on any atom is 0.319 e. The Morgan fingerprint density at radius 2 is 1.63 bits per heavy atom. The molecule has 2 rings (SSSR count). The zero-order valence-electron chi connectivity index (χ0n) is 16.2. The summed E-state index contributed by atoms with van der Waals surface area (Å²) in [6, 6.07) is 17.3. The number of anilines is 2. The molecule has 0 spiro atoms. The number of carbonyl (C=O) groups excluding carboxylic acids is 2. The van der Waals surface area contributed by atoms with Gasteiger partial charge in [-0.3, -0.25) is 4.79 Å². The number of para-hydroxylation sites is 2. The van der Waals surface area contributed by atoms with Crippen LogP contribution in [0.1, 0.15) is 19.4 Å². The molecule has 3 amide bonds. The summed E-state index contributed by atoms with van der Waals surface area (Å²) in [5.41, 5.74) is 2.78. The summed E-state index contributed by atoms with van der Waals surface area (Å²) < 4.78 is 0. The topological polar surface area (TPSA) is 73.5 Å². The molecule has 0 unspecified atom stereocenters. The molecule has 2 aromatic carbocycles. The molecule has 0 atom stereocenters. The summed E-state index contributed by atoms with van der Waals surface area (Å²) in [6.45, 7) is 5.29. The molecule has 0 heterocycles. The molecule has 144 valence electrons. The summed E-state index contributed by atoms with van der Waals surface area (Å²) in [5.74, 6) is 0.170. The first-order valence-corrected chi connectivity index (χ1v) is 9.11. The fourth-order valence-corrected chi connectivity index (χ4v) is 2.56. The number of nitrogens with one attached hydrogen (secondary N) is 3. The highest BCUT2D eigenvalue weighted by atomic mass is 16.2. The van der Waals surface area contributed by atoms with E-state index in [1.807, 2.05) is 63.4 Å². The maximum absolute atomic E-state index is 12.2. The molecule has 0 aliphatic rings. The SMILES string of the molecule is CC(C)CNC(=O)CNC(=O)Nc1ccccc1N(C)Cc1ccccc1. The Bertz CT molecular complexity index is 747. The first kappa shape index (κ1) is 20.3. The van der Waals surface area contributed by atoms with Gasteiger partial charge < -0.3 is 20.9 Å². The lowest BCUT2D eigenvalue weighted by Crippen LogP contribution is -2.40. The molecule has 6 heteroatoms. The van der Waals surface area contributed by atoms with Crippen LogP contribution in [0.25, 0.3) is 0 Å². The van der Waals surface area contributed by atoms with Crippen molar-refractivity contribution in [2.45, 2.75) is 20.4 Å². The van der Waals surface area contributed by atoms with Crippen molar-refractivity contribution >= 4 is 23.3 Å². The molecular weight excluding hydrogens is 340 g/mol. The van der Waals surface area contributed by atoms with E-state index in [1.54, 1.807) is 0 Å². The lowest BCUT2D eigenvalue weighted by Gasteiger charge is -2.23. The minimum atomic E-state index is -0.407. The summed E-state index contributed by atoms with van der Waals surface area (Å²) in [5, 5.41) is 8.18. The molecule has 0 saturated carbocycles. The Morgan fingerprint density at radius 3 is 2.33 bits per heavy atom. The van der Waals surface area contributed by atoms with Crippen LogP contribution in [0, 0.1) is 5.92 Å². The molecule has 0 aromatic heterocycles. The van der Waals surface area contributed by atoms with E-state index >= 15 is 0 Å². The van der Waals surface area contributed by atoms with Crippen LogP contribution in [-0.2, 0) is 11.3 Å². The smallest absolute Gasteiger partial charge is 0.319 e. The fraction of sp³-hybridized carbons (Fsp3) is 0.333. The number of carbonyl (C=O) groups is 2. The predicted molar refractivity (Wildman–Crippen MR) is 110 cm³/mol. The van der Waals surface area contributed by atoms with Crippen LogP contribution in [0.15, 0.2) is 54.6 Å². The number of hydrogen-bond donors (Lipinski definition) is 3. The molecule has 0 radical (unpaired) electrons. The van der Waals surface area contributed by atoms with Gasteiger partial charge in [-0.15, -0.1) is 0 Å². The standard InChI is InChI=1S/C21H28N4O2/c1-16(2)13-22-20(26)14-23-21(27)24-18-11-7-8-12-19(18)25(3)15-17-9-5-4-6-10-17/h4-12,16H,13-15H2,1-3H3,(H,22,26)(H2,23,24,27). The molecule has 0 bridgehead atoms. The molecule has 27 heavy (non-hydrogen) atoms. The third-order valence-electron chi connectivity index (χ3n) is 3.94. The van der Waals surface area contributed by atoms with E-state index in [0.717, 1.165) is 12.2 Å². The van der Waals surface area contributed by atoms with Gasteiger partial charge in [0.25, 0.3) is 0 Å². The Hall–Kier alpha value is -3.02. The van der Waals surface area contributed by atoms with Gasteiger partial charge in [0.15, 0.2) is 0 Å². The molecule has 0 aliphatic carbocycles. The second-order valence-corrected chi connectivity index (χ2v) is 6.86. The minimum absolute atomic E-state index is 0.0550. The molecule has 2 aromatic rings. The summed E-state index contributed by atoms with van der Waals surface area (Å²) in [6.07, 6.45) is 0. The Labute approximate surface area is 161 Å². The minimum Gasteiger partial charge on any atom is -0.369 e. The molecule has 3 N–H and O–H groups in total. The van der Waals surface area contributed by atoms with Crippen LogP contribution in [0.5, 0.6) is 0 Å². The van der Waals surface area contributed by atoms with Crippen molar-refractivity contribution in [1.82, 2.24) is 10.6 Å². The summed E-state index contributed by atoms with van der Waals surface area (Å²) >= 11 is 0. The fourth-order valence-electron chi connectivity index (χ4n) is 2.56. The largest absolute Gasteiger partial charge is 0.369 e. The van der Waals surface area contributed by atoms with Crippen molar-refractivity contribution in [3.05, 3.63) is 60.2 Å². The van der Waals surface area contributed by atoms with Crippen molar-refractivity contribution in [2.75, 3.05) is 30.4 Å². The lowest BCUT2D eigenvalue weighted by atomic mass is 10.2. The van der Waals surface area contributed by atoms with Gasteiger partial charge in [-0.05, 0) is 23.6 Å². The van der Waals surface area contributed by atoms with Crippen LogP contribution in [0.3, 0.4) is 0 Å². The number of benzene rings is 2. The lowest BCUT2D eigenvalue weighted by molar-refractivity contribution is -0.120. The highest BCUT2D eigenvalue weighted by Gasteiger charge is 2.11. The second kappa shape index (κ2) is 10.2. The zero-order chi connectivity index (χ0) is 19.6. The van der Waals surface area contributed by atoms with Crippen molar-refractivity contribution in [1.29, 1.82) is 0 Å². The first-order chi connectivity index (χ1) is 13.0. The molecule has 0 aliphatic heterocycles. The Balaban J connectivity index is 1.92. The van der Waals surface area contributed by atoms with Gasteiger partial charge in [0.2, 0.25) is 5.91 Å².